The molecule has 0 aliphatic carbocycles. The van der Waals surface area contributed by atoms with Crippen molar-refractivity contribution in [2.75, 3.05) is 25.0 Å². The lowest BCUT2D eigenvalue weighted by Gasteiger charge is -2.14. The van der Waals surface area contributed by atoms with E-state index in [2.05, 4.69) is 10.6 Å². The molecule has 0 heterocycles. The highest BCUT2D eigenvalue weighted by Gasteiger charge is 2.14. The van der Waals surface area contributed by atoms with E-state index in [9.17, 15) is 9.59 Å². The monoisotopic (exact) mass is 355 g/mol. The lowest BCUT2D eigenvalue weighted by atomic mass is 10.1. The van der Waals surface area contributed by atoms with Crippen LogP contribution in [0.1, 0.15) is 27.0 Å². The van der Waals surface area contributed by atoms with Gasteiger partial charge in [-0.3, -0.25) is 9.59 Å². The third kappa shape index (κ3) is 5.07. The van der Waals surface area contributed by atoms with E-state index in [-0.39, 0.29) is 18.4 Å². The molecule has 0 radical (unpaired) electrons. The fourth-order valence-electron chi connectivity index (χ4n) is 2.79. The molecule has 0 fully saturated rings. The number of carbonyl (C=O) groups is 2. The number of anilines is 1. The van der Waals surface area contributed by atoms with E-state index in [1.165, 1.54) is 0 Å². The van der Waals surface area contributed by atoms with Crippen molar-refractivity contribution in [1.29, 1.82) is 0 Å². The number of para-hydroxylation sites is 1. The predicted octanol–water partition coefficient (Wildman–Crippen LogP) is 2.32. The van der Waals surface area contributed by atoms with Crippen LogP contribution in [0.4, 0.5) is 5.69 Å². The van der Waals surface area contributed by atoms with E-state index >= 15 is 0 Å². The van der Waals surface area contributed by atoms with Gasteiger partial charge in [0.25, 0.3) is 11.8 Å². The average Bonchev–Trinajstić information content (AvgIpc) is 2.59. The first-order valence-electron chi connectivity index (χ1n) is 8.50. The van der Waals surface area contributed by atoms with Gasteiger partial charge in [0.15, 0.2) is 6.61 Å². The normalized spacial score (nSPS) is 10.3. The maximum absolute atomic E-state index is 12.3. The van der Waals surface area contributed by atoms with E-state index in [0.29, 0.717) is 30.1 Å². The Hall–Kier alpha value is -2.86. The SMILES string of the molecule is Cc1cc(C)c(OCC(=O)Nc2ccccc2C(=O)NCCN)c(C)c1. The molecule has 4 N–H and O–H groups in total. The zero-order chi connectivity index (χ0) is 19.1. The molecule has 0 unspecified atom stereocenters. The second-order valence-electron chi connectivity index (χ2n) is 6.15. The number of aryl methyl sites for hydroxylation is 3. The smallest absolute Gasteiger partial charge is 0.262 e. The highest BCUT2D eigenvalue weighted by atomic mass is 16.5. The van der Waals surface area contributed by atoms with Crippen LogP contribution in [0.15, 0.2) is 36.4 Å². The van der Waals surface area contributed by atoms with E-state index in [1.807, 2.05) is 32.9 Å². The van der Waals surface area contributed by atoms with Gasteiger partial charge >= 0.3 is 0 Å². The van der Waals surface area contributed by atoms with Gasteiger partial charge in [-0.05, 0) is 44.0 Å². The molecule has 26 heavy (non-hydrogen) atoms. The van der Waals surface area contributed by atoms with Gasteiger partial charge in [0.2, 0.25) is 0 Å². The van der Waals surface area contributed by atoms with E-state index in [1.54, 1.807) is 24.3 Å². The molecule has 2 aromatic carbocycles. The van der Waals surface area contributed by atoms with Crippen molar-refractivity contribution < 1.29 is 14.3 Å². The Labute approximate surface area is 153 Å². The Morgan fingerprint density at radius 3 is 2.38 bits per heavy atom. The summed E-state index contributed by atoms with van der Waals surface area (Å²) in [5.74, 6) is 0.0978. The summed E-state index contributed by atoms with van der Waals surface area (Å²) < 4.78 is 5.69. The number of nitrogens with two attached hydrogens (primary N) is 1. The molecule has 2 aromatic rings. The van der Waals surface area contributed by atoms with Crippen molar-refractivity contribution >= 4 is 17.5 Å². The third-order valence-corrected chi connectivity index (χ3v) is 3.83. The Morgan fingerprint density at radius 1 is 1.08 bits per heavy atom. The fourth-order valence-corrected chi connectivity index (χ4v) is 2.79. The van der Waals surface area contributed by atoms with Crippen LogP contribution in [0.25, 0.3) is 0 Å². The molecule has 138 valence electrons. The molecule has 0 aromatic heterocycles. The Kier molecular flexibility index (Phi) is 6.74. The van der Waals surface area contributed by atoms with Gasteiger partial charge in [-0.15, -0.1) is 0 Å². The Bertz CT molecular complexity index is 780. The summed E-state index contributed by atoms with van der Waals surface area (Å²) in [7, 11) is 0. The van der Waals surface area contributed by atoms with Crippen LogP contribution in [-0.4, -0.2) is 31.5 Å². The minimum atomic E-state index is -0.330. The van der Waals surface area contributed by atoms with Crippen molar-refractivity contribution in [3.8, 4) is 5.75 Å². The van der Waals surface area contributed by atoms with Crippen molar-refractivity contribution in [1.82, 2.24) is 5.32 Å². The van der Waals surface area contributed by atoms with Gasteiger partial charge in [0.1, 0.15) is 5.75 Å². The predicted molar refractivity (Wildman–Crippen MR) is 103 cm³/mol. The lowest BCUT2D eigenvalue weighted by Crippen LogP contribution is -2.30. The van der Waals surface area contributed by atoms with Crippen LogP contribution in [-0.2, 0) is 4.79 Å². The van der Waals surface area contributed by atoms with Gasteiger partial charge in [0.05, 0.1) is 11.3 Å². The number of carbonyl (C=O) groups excluding carboxylic acids is 2. The molecule has 2 rings (SSSR count). The fraction of sp³-hybridized carbons (Fsp3) is 0.300. The summed E-state index contributed by atoms with van der Waals surface area (Å²) in [6.45, 7) is 6.50. The molecule has 2 amide bonds. The van der Waals surface area contributed by atoms with Crippen LogP contribution in [0, 0.1) is 20.8 Å². The summed E-state index contributed by atoms with van der Waals surface area (Å²) in [4.78, 5) is 24.4. The number of rotatable bonds is 7. The maximum Gasteiger partial charge on any atom is 0.262 e. The first-order valence-corrected chi connectivity index (χ1v) is 8.50. The van der Waals surface area contributed by atoms with Crippen molar-refractivity contribution in [3.05, 3.63) is 58.7 Å². The van der Waals surface area contributed by atoms with Crippen LogP contribution in [0.2, 0.25) is 0 Å². The van der Waals surface area contributed by atoms with Gasteiger partial charge in [-0.1, -0.05) is 29.8 Å². The summed E-state index contributed by atoms with van der Waals surface area (Å²) in [6, 6.07) is 10.8. The van der Waals surface area contributed by atoms with Gasteiger partial charge in [-0.2, -0.15) is 0 Å². The zero-order valence-corrected chi connectivity index (χ0v) is 15.4. The summed E-state index contributed by atoms with van der Waals surface area (Å²) in [5.41, 5.74) is 9.34. The van der Waals surface area contributed by atoms with Crippen LogP contribution in [0.5, 0.6) is 5.75 Å². The number of amides is 2. The average molecular weight is 355 g/mol. The van der Waals surface area contributed by atoms with Crippen LogP contribution >= 0.6 is 0 Å². The number of hydrogen-bond acceptors (Lipinski definition) is 4. The van der Waals surface area contributed by atoms with E-state index in [0.717, 1.165) is 16.7 Å². The van der Waals surface area contributed by atoms with Crippen LogP contribution in [0.3, 0.4) is 0 Å². The van der Waals surface area contributed by atoms with Crippen LogP contribution < -0.4 is 21.1 Å². The molecule has 0 aliphatic rings. The van der Waals surface area contributed by atoms with Crippen molar-refractivity contribution in [2.24, 2.45) is 5.73 Å². The number of hydrogen-bond donors (Lipinski definition) is 3. The number of nitrogens with one attached hydrogen (secondary N) is 2. The molecule has 0 saturated heterocycles. The second kappa shape index (κ2) is 9.01. The minimum absolute atomic E-state index is 0.135. The molecule has 0 bridgehead atoms. The summed E-state index contributed by atoms with van der Waals surface area (Å²) >= 11 is 0. The zero-order valence-electron chi connectivity index (χ0n) is 15.4. The highest BCUT2D eigenvalue weighted by molar-refractivity contribution is 6.04. The molecular weight excluding hydrogens is 330 g/mol. The summed E-state index contributed by atoms with van der Waals surface area (Å²) in [6.07, 6.45) is 0. The summed E-state index contributed by atoms with van der Waals surface area (Å²) in [5, 5.41) is 5.43. The largest absolute Gasteiger partial charge is 0.483 e. The first kappa shape index (κ1) is 19.5. The van der Waals surface area contributed by atoms with E-state index in [4.69, 9.17) is 10.5 Å². The number of ether oxygens (including phenoxy) is 1. The molecule has 0 saturated carbocycles. The second-order valence-corrected chi connectivity index (χ2v) is 6.15. The van der Waals surface area contributed by atoms with Gasteiger partial charge in [-0.25, -0.2) is 0 Å². The topological polar surface area (TPSA) is 93.4 Å². The van der Waals surface area contributed by atoms with Gasteiger partial charge in [0, 0.05) is 13.1 Å². The molecular formula is C20H25N3O3. The molecule has 0 spiro atoms. The molecule has 0 atom stereocenters. The van der Waals surface area contributed by atoms with Crippen molar-refractivity contribution in [2.45, 2.75) is 20.8 Å². The lowest BCUT2D eigenvalue weighted by molar-refractivity contribution is -0.118. The minimum Gasteiger partial charge on any atom is -0.483 e. The molecule has 0 aliphatic heterocycles. The first-order chi connectivity index (χ1) is 12.4. The third-order valence-electron chi connectivity index (χ3n) is 3.83. The Balaban J connectivity index is 2.04. The maximum atomic E-state index is 12.3. The highest BCUT2D eigenvalue weighted by Crippen LogP contribution is 2.24. The van der Waals surface area contributed by atoms with E-state index < -0.39 is 0 Å². The van der Waals surface area contributed by atoms with Gasteiger partial charge < -0.3 is 21.1 Å². The molecule has 6 nitrogen and oxygen atoms in total. The molecule has 6 heteroatoms. The quantitative estimate of drug-likeness (QED) is 0.710. The number of benzene rings is 2. The van der Waals surface area contributed by atoms with Crippen molar-refractivity contribution in [3.63, 3.8) is 0 Å². The standard InChI is InChI=1S/C20H25N3O3/c1-13-10-14(2)19(15(3)11-13)26-12-18(24)23-17-7-5-4-6-16(17)20(25)22-9-8-21/h4-7,10-11H,8-9,12,21H2,1-3H3,(H,22,25)(H,23,24). The Morgan fingerprint density at radius 2 is 1.73 bits per heavy atom.